The molecular weight excluding hydrogens is 391 g/mol. The monoisotopic (exact) mass is 424 g/mol. The van der Waals surface area contributed by atoms with Crippen molar-refractivity contribution in [2.45, 2.75) is 70.4 Å². The fraction of sp³-hybridized carbons (Fsp3) is 0.625. The molecule has 4 saturated carbocycles. The normalized spacial score (nSPS) is 28.5. The molecule has 6 rings (SSSR count). The summed E-state index contributed by atoms with van der Waals surface area (Å²) < 4.78 is 13.2. The highest BCUT2D eigenvalue weighted by Gasteiger charge is 2.51. The number of hydrogen-bond acceptors (Lipinski definition) is 6. The van der Waals surface area contributed by atoms with Gasteiger partial charge >= 0.3 is 0 Å². The van der Waals surface area contributed by atoms with E-state index < -0.39 is 0 Å². The van der Waals surface area contributed by atoms with E-state index in [1.165, 1.54) is 50.7 Å². The Balaban J connectivity index is 1.33. The molecule has 6 nitrogen and oxygen atoms in total. The molecule has 3 N–H and O–H groups in total. The molecule has 31 heavy (non-hydrogen) atoms. The van der Waals surface area contributed by atoms with Crippen LogP contribution in [-0.2, 0) is 6.54 Å². The average Bonchev–Trinajstić information content (AvgIpc) is 2.72. The molecule has 0 amide bonds. The minimum Gasteiger partial charge on any atom is -0.354 e. The van der Waals surface area contributed by atoms with Gasteiger partial charge in [0.1, 0.15) is 5.82 Å². The molecule has 0 saturated heterocycles. The van der Waals surface area contributed by atoms with E-state index in [1.54, 1.807) is 12.1 Å². The van der Waals surface area contributed by atoms with Crippen molar-refractivity contribution in [1.29, 1.82) is 0 Å². The van der Waals surface area contributed by atoms with Crippen LogP contribution in [0, 0.1) is 23.6 Å². The van der Waals surface area contributed by atoms with Crippen LogP contribution in [0.3, 0.4) is 0 Å². The summed E-state index contributed by atoms with van der Waals surface area (Å²) in [6, 6.07) is 6.50. The molecule has 1 aromatic heterocycles. The highest BCUT2D eigenvalue weighted by atomic mass is 19.1. The standard InChI is InChI=1S/C24H33FN6/c1-2-3-8-26-21-28-22(27-15-16-4-6-20(25)7-5-16)30-23(29-21)31-24-12-17-9-18(13-24)11-19(10-17)14-24/h4-7,17-19H,2-3,8-15H2,1H3,(H3,26,27,28,29,30,31). The van der Waals surface area contributed by atoms with Gasteiger partial charge in [-0.1, -0.05) is 25.5 Å². The zero-order valence-corrected chi connectivity index (χ0v) is 18.3. The van der Waals surface area contributed by atoms with Gasteiger partial charge in [0.2, 0.25) is 17.8 Å². The van der Waals surface area contributed by atoms with E-state index in [0.717, 1.165) is 42.7 Å². The summed E-state index contributed by atoms with van der Waals surface area (Å²) in [5, 5.41) is 10.4. The first-order chi connectivity index (χ1) is 15.1. The van der Waals surface area contributed by atoms with Crippen LogP contribution in [0.5, 0.6) is 0 Å². The van der Waals surface area contributed by atoms with E-state index in [0.29, 0.717) is 24.4 Å². The van der Waals surface area contributed by atoms with Crippen molar-refractivity contribution in [2.24, 2.45) is 17.8 Å². The summed E-state index contributed by atoms with van der Waals surface area (Å²) in [5.41, 5.74) is 1.13. The molecule has 4 aliphatic carbocycles. The largest absolute Gasteiger partial charge is 0.354 e. The molecule has 0 unspecified atom stereocenters. The first-order valence-electron chi connectivity index (χ1n) is 11.9. The lowest BCUT2D eigenvalue weighted by molar-refractivity contribution is 0.0103. The van der Waals surface area contributed by atoms with Crippen LogP contribution in [0.15, 0.2) is 24.3 Å². The van der Waals surface area contributed by atoms with Crippen LogP contribution in [0.25, 0.3) is 0 Å². The van der Waals surface area contributed by atoms with E-state index >= 15 is 0 Å². The van der Waals surface area contributed by atoms with Gasteiger partial charge in [0.25, 0.3) is 0 Å². The van der Waals surface area contributed by atoms with Gasteiger partial charge in [-0.25, -0.2) is 4.39 Å². The van der Waals surface area contributed by atoms with Crippen LogP contribution < -0.4 is 16.0 Å². The second kappa shape index (κ2) is 8.60. The first-order valence-corrected chi connectivity index (χ1v) is 11.9. The number of nitrogens with zero attached hydrogens (tertiary/aromatic N) is 3. The van der Waals surface area contributed by atoms with Gasteiger partial charge < -0.3 is 16.0 Å². The minimum atomic E-state index is -0.228. The Kier molecular flexibility index (Phi) is 5.67. The van der Waals surface area contributed by atoms with E-state index in [9.17, 15) is 4.39 Å². The highest BCUT2D eigenvalue weighted by Crippen LogP contribution is 2.56. The zero-order valence-electron chi connectivity index (χ0n) is 18.3. The van der Waals surface area contributed by atoms with Crippen molar-refractivity contribution < 1.29 is 4.39 Å². The average molecular weight is 425 g/mol. The zero-order chi connectivity index (χ0) is 21.3. The maximum atomic E-state index is 13.2. The Morgan fingerprint density at radius 2 is 1.45 bits per heavy atom. The molecule has 0 spiro atoms. The van der Waals surface area contributed by atoms with E-state index in [4.69, 9.17) is 9.97 Å². The molecule has 0 aliphatic heterocycles. The highest BCUT2D eigenvalue weighted by molar-refractivity contribution is 5.44. The summed E-state index contributed by atoms with van der Waals surface area (Å²) in [4.78, 5) is 14.0. The molecule has 0 atom stereocenters. The van der Waals surface area contributed by atoms with Gasteiger partial charge in [-0.15, -0.1) is 0 Å². The maximum Gasteiger partial charge on any atom is 0.229 e. The molecule has 7 heteroatoms. The molecule has 1 heterocycles. The van der Waals surface area contributed by atoms with Crippen LogP contribution in [0.4, 0.5) is 22.2 Å². The number of nitrogens with one attached hydrogen (secondary N) is 3. The smallest absolute Gasteiger partial charge is 0.229 e. The quantitative estimate of drug-likeness (QED) is 0.480. The van der Waals surface area contributed by atoms with Gasteiger partial charge in [-0.05, 0) is 80.4 Å². The molecule has 4 aliphatic rings. The van der Waals surface area contributed by atoms with Gasteiger partial charge in [0, 0.05) is 18.6 Å². The van der Waals surface area contributed by atoms with Crippen molar-refractivity contribution in [2.75, 3.05) is 22.5 Å². The van der Waals surface area contributed by atoms with Crippen molar-refractivity contribution >= 4 is 17.8 Å². The Hall–Kier alpha value is -2.44. The van der Waals surface area contributed by atoms with Crippen molar-refractivity contribution in [3.8, 4) is 0 Å². The van der Waals surface area contributed by atoms with Crippen molar-refractivity contribution in [3.63, 3.8) is 0 Å². The predicted octanol–water partition coefficient (Wildman–Crippen LogP) is 5.22. The van der Waals surface area contributed by atoms with E-state index in [2.05, 4.69) is 27.9 Å². The number of unbranched alkanes of at least 4 members (excludes halogenated alkanes) is 1. The van der Waals surface area contributed by atoms with Crippen molar-refractivity contribution in [3.05, 3.63) is 35.6 Å². The SMILES string of the molecule is CCCCNc1nc(NCc2ccc(F)cc2)nc(NC23CC4CC(CC(C4)C2)C3)n1. The van der Waals surface area contributed by atoms with Crippen LogP contribution in [0.2, 0.25) is 0 Å². The van der Waals surface area contributed by atoms with Gasteiger partial charge in [0.15, 0.2) is 0 Å². The lowest BCUT2D eigenvalue weighted by Crippen LogP contribution is -2.55. The molecule has 0 radical (unpaired) electrons. The second-order valence-corrected chi connectivity index (χ2v) is 9.89. The van der Waals surface area contributed by atoms with Crippen LogP contribution >= 0.6 is 0 Å². The molecule has 1 aromatic carbocycles. The minimum absolute atomic E-state index is 0.144. The van der Waals surface area contributed by atoms with Gasteiger partial charge in [-0.2, -0.15) is 15.0 Å². The molecular formula is C24H33FN6. The van der Waals surface area contributed by atoms with Crippen molar-refractivity contribution in [1.82, 2.24) is 15.0 Å². The maximum absolute atomic E-state index is 13.2. The summed E-state index contributed by atoms with van der Waals surface area (Å²) in [6.07, 6.45) is 10.1. The molecule has 4 fully saturated rings. The molecule has 4 bridgehead atoms. The fourth-order valence-corrected chi connectivity index (χ4v) is 6.25. The Bertz CT molecular complexity index is 864. The third-order valence-electron chi connectivity index (χ3n) is 7.23. The van der Waals surface area contributed by atoms with Gasteiger partial charge in [0.05, 0.1) is 0 Å². The summed E-state index contributed by atoms with van der Waals surface area (Å²) in [7, 11) is 0. The summed E-state index contributed by atoms with van der Waals surface area (Å²) >= 11 is 0. The van der Waals surface area contributed by atoms with Crippen LogP contribution in [0.1, 0.15) is 63.9 Å². The van der Waals surface area contributed by atoms with Crippen LogP contribution in [-0.4, -0.2) is 27.0 Å². The number of aromatic nitrogens is 3. The second-order valence-electron chi connectivity index (χ2n) is 9.89. The third kappa shape index (κ3) is 4.75. The van der Waals surface area contributed by atoms with Gasteiger partial charge in [-0.3, -0.25) is 0 Å². The number of rotatable bonds is 9. The molecule has 166 valence electrons. The Labute approximate surface area is 183 Å². The third-order valence-corrected chi connectivity index (χ3v) is 7.23. The lowest BCUT2D eigenvalue weighted by atomic mass is 9.53. The topological polar surface area (TPSA) is 74.8 Å². The number of benzene rings is 1. The predicted molar refractivity (Wildman–Crippen MR) is 121 cm³/mol. The number of halogens is 1. The molecule has 2 aromatic rings. The van der Waals surface area contributed by atoms with E-state index in [1.807, 2.05) is 0 Å². The van der Waals surface area contributed by atoms with E-state index in [-0.39, 0.29) is 11.4 Å². The summed E-state index contributed by atoms with van der Waals surface area (Å²) in [6.45, 7) is 3.55. The first kappa shape index (κ1) is 20.5. The Morgan fingerprint density at radius 1 is 0.871 bits per heavy atom. The Morgan fingerprint density at radius 3 is 2.06 bits per heavy atom. The summed E-state index contributed by atoms with van der Waals surface area (Å²) in [5.74, 6) is 4.17. The lowest BCUT2D eigenvalue weighted by Gasteiger charge is -2.56. The fourth-order valence-electron chi connectivity index (χ4n) is 6.25. The number of anilines is 3. The number of hydrogen-bond donors (Lipinski definition) is 3.